The van der Waals surface area contributed by atoms with Gasteiger partial charge in [-0.1, -0.05) is 0 Å². The lowest BCUT2D eigenvalue weighted by atomic mass is 10.2. The van der Waals surface area contributed by atoms with E-state index in [1.807, 2.05) is 45.0 Å². The largest absolute Gasteiger partial charge is 0.444 e. The van der Waals surface area contributed by atoms with Gasteiger partial charge in [-0.25, -0.2) is 14.8 Å². The van der Waals surface area contributed by atoms with Crippen LogP contribution in [0.2, 0.25) is 0 Å². The third-order valence-corrected chi connectivity index (χ3v) is 5.18. The lowest BCUT2D eigenvalue weighted by Crippen LogP contribution is -2.44. The van der Waals surface area contributed by atoms with Crippen molar-refractivity contribution in [1.82, 2.24) is 9.97 Å². The number of morpholine rings is 1. The monoisotopic (exact) mass is 431 g/mol. The number of hydrogen-bond donors (Lipinski definition) is 1. The second kappa shape index (κ2) is 9.66. The Balaban J connectivity index is 1.82. The molecule has 0 radical (unpaired) electrons. The van der Waals surface area contributed by atoms with Crippen molar-refractivity contribution in [3.05, 3.63) is 36.0 Å². The van der Waals surface area contributed by atoms with Crippen LogP contribution in [0, 0.1) is 0 Å². The third kappa shape index (κ3) is 6.09. The topological polar surface area (TPSA) is 76.6 Å². The van der Waals surface area contributed by atoms with Gasteiger partial charge >= 0.3 is 6.09 Å². The molecular formula is C22H31N4O3S+. The van der Waals surface area contributed by atoms with E-state index in [0.717, 1.165) is 29.4 Å². The van der Waals surface area contributed by atoms with Crippen molar-refractivity contribution < 1.29 is 14.3 Å². The molecule has 1 aliphatic heterocycles. The maximum absolute atomic E-state index is 12.0. The molecule has 162 valence electrons. The molecule has 1 aromatic heterocycles. The van der Waals surface area contributed by atoms with Gasteiger partial charge in [0.2, 0.25) is 0 Å². The highest BCUT2D eigenvalue weighted by Gasteiger charge is 2.22. The molecule has 0 aliphatic carbocycles. The van der Waals surface area contributed by atoms with Gasteiger partial charge in [0.05, 0.1) is 31.2 Å². The summed E-state index contributed by atoms with van der Waals surface area (Å²) in [6.45, 7) is 9.88. The highest BCUT2D eigenvalue weighted by atomic mass is 32.2. The predicted octanol–water partition coefficient (Wildman–Crippen LogP) is 3.66. The minimum Gasteiger partial charge on any atom is -0.444 e. The van der Waals surface area contributed by atoms with Crippen molar-refractivity contribution in [3.8, 4) is 11.4 Å². The molecule has 1 aliphatic rings. The van der Waals surface area contributed by atoms with E-state index >= 15 is 0 Å². The van der Waals surface area contributed by atoms with Crippen molar-refractivity contribution in [3.63, 3.8) is 0 Å². The highest BCUT2D eigenvalue weighted by molar-refractivity contribution is 7.76. The van der Waals surface area contributed by atoms with Gasteiger partial charge in [-0.05, 0) is 63.7 Å². The Labute approximate surface area is 182 Å². The number of aromatic nitrogens is 2. The number of nitrogens with one attached hydrogen (secondary N) is 1. The SMILES string of the molecule is C[SH+]Cc1cc(N2CCOC[C@@H]2C)nc(-c2ccc(NC(=O)OC(C)(C)C)cc2)n1. The minimum absolute atomic E-state index is 0.272. The Kier molecular flexibility index (Phi) is 7.20. The van der Waals surface area contributed by atoms with Crippen LogP contribution >= 0.6 is 0 Å². The normalized spacial score (nSPS) is 17.0. The molecule has 0 bridgehead atoms. The van der Waals surface area contributed by atoms with E-state index in [1.165, 1.54) is 11.8 Å². The van der Waals surface area contributed by atoms with Crippen LogP contribution in [0.4, 0.5) is 16.3 Å². The lowest BCUT2D eigenvalue weighted by molar-refractivity contribution is 0.0636. The van der Waals surface area contributed by atoms with Gasteiger partial charge in [0.15, 0.2) is 5.82 Å². The summed E-state index contributed by atoms with van der Waals surface area (Å²) in [4.78, 5) is 23.9. The molecule has 2 heterocycles. The standard InChI is InChI=1S/C22H30N4O3S/c1-15-13-28-11-10-26(15)19-12-18(14-30-5)23-20(25-19)16-6-8-17(9-7-16)24-21(27)29-22(2,3)4/h6-9,12,15H,10-11,13-14H2,1-5H3,(H,24,27)/p+1/t15-/m0/s1. The summed E-state index contributed by atoms with van der Waals surface area (Å²) in [5.41, 5.74) is 2.05. The fourth-order valence-electron chi connectivity index (χ4n) is 3.19. The van der Waals surface area contributed by atoms with Crippen molar-refractivity contribution in [2.24, 2.45) is 0 Å². The van der Waals surface area contributed by atoms with E-state index < -0.39 is 11.7 Å². The Morgan fingerprint density at radius 3 is 2.67 bits per heavy atom. The molecule has 0 unspecified atom stereocenters. The minimum atomic E-state index is -0.538. The second-order valence-corrected chi connectivity index (χ2v) is 9.29. The van der Waals surface area contributed by atoms with Crippen LogP contribution in [0.1, 0.15) is 33.4 Å². The molecular weight excluding hydrogens is 400 g/mol. The van der Waals surface area contributed by atoms with Gasteiger partial charge in [-0.3, -0.25) is 5.32 Å². The number of rotatable bonds is 5. The lowest BCUT2D eigenvalue weighted by Gasteiger charge is -2.34. The molecule has 30 heavy (non-hydrogen) atoms. The summed E-state index contributed by atoms with van der Waals surface area (Å²) < 4.78 is 10.9. The van der Waals surface area contributed by atoms with E-state index in [-0.39, 0.29) is 6.04 Å². The first-order valence-electron chi connectivity index (χ1n) is 10.1. The van der Waals surface area contributed by atoms with E-state index in [4.69, 9.17) is 19.4 Å². The van der Waals surface area contributed by atoms with Gasteiger partial charge in [-0.15, -0.1) is 0 Å². The number of benzene rings is 1. The molecule has 0 saturated carbocycles. The summed E-state index contributed by atoms with van der Waals surface area (Å²) in [6.07, 6.45) is 1.65. The maximum atomic E-state index is 12.0. The van der Waals surface area contributed by atoms with Gasteiger partial charge in [0, 0.05) is 23.9 Å². The molecule has 2 aromatic rings. The number of hydrogen-bond acceptors (Lipinski definition) is 6. The summed E-state index contributed by atoms with van der Waals surface area (Å²) in [6, 6.07) is 9.87. The summed E-state index contributed by atoms with van der Waals surface area (Å²) in [5.74, 6) is 2.50. The fraction of sp³-hybridized carbons (Fsp3) is 0.500. The molecule has 1 amide bonds. The first kappa shape index (κ1) is 22.4. The quantitative estimate of drug-likeness (QED) is 0.575. The Hall–Kier alpha value is -2.32. The van der Waals surface area contributed by atoms with Crippen LogP contribution < -0.4 is 10.2 Å². The molecule has 1 saturated heterocycles. The number of nitrogens with zero attached hydrogens (tertiary/aromatic N) is 3. The maximum Gasteiger partial charge on any atom is 0.412 e. The number of thiol groups is 1. The average Bonchev–Trinajstić information content (AvgIpc) is 2.67. The molecule has 7 nitrogen and oxygen atoms in total. The molecule has 1 atom stereocenters. The average molecular weight is 432 g/mol. The Morgan fingerprint density at radius 2 is 2.03 bits per heavy atom. The first-order chi connectivity index (χ1) is 14.2. The van der Waals surface area contributed by atoms with Gasteiger partial charge in [-0.2, -0.15) is 0 Å². The van der Waals surface area contributed by atoms with Gasteiger partial charge in [0.25, 0.3) is 0 Å². The molecule has 0 spiro atoms. The number of anilines is 2. The van der Waals surface area contributed by atoms with Crippen LogP contribution in [-0.4, -0.2) is 53.7 Å². The van der Waals surface area contributed by atoms with E-state index in [9.17, 15) is 4.79 Å². The van der Waals surface area contributed by atoms with Crippen molar-refractivity contribution in [2.45, 2.75) is 45.1 Å². The molecule has 3 rings (SSSR count). The van der Waals surface area contributed by atoms with Crippen molar-refractivity contribution in [1.29, 1.82) is 0 Å². The zero-order chi connectivity index (χ0) is 21.7. The Morgan fingerprint density at radius 1 is 1.30 bits per heavy atom. The van der Waals surface area contributed by atoms with Crippen LogP contribution in [0.3, 0.4) is 0 Å². The number of amides is 1. The van der Waals surface area contributed by atoms with Crippen molar-refractivity contribution >= 4 is 29.4 Å². The second-order valence-electron chi connectivity index (χ2n) is 8.34. The zero-order valence-electron chi connectivity index (χ0n) is 18.3. The zero-order valence-corrected chi connectivity index (χ0v) is 19.2. The number of carbonyl (C=O) groups excluding carboxylic acids is 1. The summed E-state index contributed by atoms with van der Waals surface area (Å²) in [7, 11) is 0. The summed E-state index contributed by atoms with van der Waals surface area (Å²) >= 11 is 1.26. The smallest absolute Gasteiger partial charge is 0.412 e. The number of ether oxygens (including phenoxy) is 2. The predicted molar refractivity (Wildman–Crippen MR) is 123 cm³/mol. The number of carbonyl (C=O) groups is 1. The van der Waals surface area contributed by atoms with Crippen LogP contribution in [-0.2, 0) is 27.0 Å². The van der Waals surface area contributed by atoms with E-state index in [1.54, 1.807) is 0 Å². The van der Waals surface area contributed by atoms with Crippen molar-refractivity contribution in [2.75, 3.05) is 36.2 Å². The van der Waals surface area contributed by atoms with E-state index in [2.05, 4.69) is 29.5 Å². The van der Waals surface area contributed by atoms with Gasteiger partial charge in [0.1, 0.15) is 17.2 Å². The molecule has 1 N–H and O–H groups in total. The Bertz CT molecular complexity index is 868. The third-order valence-electron chi connectivity index (χ3n) is 4.54. The first-order valence-corrected chi connectivity index (χ1v) is 11.7. The highest BCUT2D eigenvalue weighted by Crippen LogP contribution is 2.25. The van der Waals surface area contributed by atoms with Gasteiger partial charge < -0.3 is 14.4 Å². The van der Waals surface area contributed by atoms with Crippen LogP contribution in [0.15, 0.2) is 30.3 Å². The van der Waals surface area contributed by atoms with E-state index in [0.29, 0.717) is 24.7 Å². The fourth-order valence-corrected chi connectivity index (χ4v) is 3.68. The molecule has 1 fully saturated rings. The summed E-state index contributed by atoms with van der Waals surface area (Å²) in [5, 5.41) is 2.75. The molecule has 1 aromatic carbocycles. The van der Waals surface area contributed by atoms with Crippen LogP contribution in [0.5, 0.6) is 0 Å². The van der Waals surface area contributed by atoms with Crippen LogP contribution in [0.25, 0.3) is 11.4 Å². The molecule has 8 heteroatoms.